The molecule has 3 rings (SSSR count). The first-order valence-corrected chi connectivity index (χ1v) is 8.36. The van der Waals surface area contributed by atoms with Crippen molar-refractivity contribution < 1.29 is 13.9 Å². The Balaban J connectivity index is 1.51. The number of aromatic nitrogens is 2. The predicted molar refractivity (Wildman–Crippen MR) is 93.2 cm³/mol. The Morgan fingerprint density at radius 1 is 1.28 bits per heavy atom. The number of hydrogen-bond acceptors (Lipinski definition) is 5. The third-order valence-electron chi connectivity index (χ3n) is 4.18. The SMILES string of the molecule is CC1CCN(c2ncc(NC(=O)COc3ccccc3F)cn2)CC1. The summed E-state index contributed by atoms with van der Waals surface area (Å²) in [6, 6.07) is 5.95. The summed E-state index contributed by atoms with van der Waals surface area (Å²) in [7, 11) is 0. The van der Waals surface area contributed by atoms with E-state index >= 15 is 0 Å². The molecule has 2 heterocycles. The van der Waals surface area contributed by atoms with Gasteiger partial charge in [-0.15, -0.1) is 0 Å². The molecule has 1 amide bonds. The molecule has 1 N–H and O–H groups in total. The standard InChI is InChI=1S/C18H21FN4O2/c1-13-6-8-23(9-7-13)18-20-10-14(11-21-18)22-17(24)12-25-16-5-3-2-4-15(16)19/h2-5,10-11,13H,6-9,12H2,1H3,(H,22,24). The van der Waals surface area contributed by atoms with E-state index in [-0.39, 0.29) is 12.4 Å². The highest BCUT2D eigenvalue weighted by molar-refractivity contribution is 5.91. The van der Waals surface area contributed by atoms with Crippen LogP contribution in [0.2, 0.25) is 0 Å². The van der Waals surface area contributed by atoms with Crippen molar-refractivity contribution in [1.29, 1.82) is 0 Å². The summed E-state index contributed by atoms with van der Waals surface area (Å²) < 4.78 is 18.6. The second-order valence-corrected chi connectivity index (χ2v) is 6.21. The Kier molecular flexibility index (Phi) is 5.42. The number of rotatable bonds is 5. The maximum absolute atomic E-state index is 13.4. The molecule has 1 aliphatic rings. The second-order valence-electron chi connectivity index (χ2n) is 6.21. The lowest BCUT2D eigenvalue weighted by Gasteiger charge is -2.30. The van der Waals surface area contributed by atoms with Crippen molar-refractivity contribution in [2.45, 2.75) is 19.8 Å². The van der Waals surface area contributed by atoms with E-state index in [4.69, 9.17) is 4.74 Å². The topological polar surface area (TPSA) is 67.4 Å². The lowest BCUT2D eigenvalue weighted by atomic mass is 10.00. The number of nitrogens with zero attached hydrogens (tertiary/aromatic N) is 3. The van der Waals surface area contributed by atoms with Crippen LogP contribution in [0.4, 0.5) is 16.0 Å². The molecule has 0 radical (unpaired) electrons. The summed E-state index contributed by atoms with van der Waals surface area (Å²) in [6.07, 6.45) is 5.41. The van der Waals surface area contributed by atoms with E-state index in [0.29, 0.717) is 11.6 Å². The first-order valence-electron chi connectivity index (χ1n) is 8.36. The monoisotopic (exact) mass is 344 g/mol. The number of hydrogen-bond donors (Lipinski definition) is 1. The van der Waals surface area contributed by atoms with Crippen LogP contribution in [-0.2, 0) is 4.79 Å². The molecule has 0 unspecified atom stereocenters. The number of amides is 1. The van der Waals surface area contributed by atoms with E-state index in [2.05, 4.69) is 27.1 Å². The summed E-state index contributed by atoms with van der Waals surface area (Å²) in [5, 5.41) is 2.64. The molecule has 2 aromatic rings. The van der Waals surface area contributed by atoms with Gasteiger partial charge >= 0.3 is 0 Å². The van der Waals surface area contributed by atoms with Gasteiger partial charge in [0, 0.05) is 13.1 Å². The first-order chi connectivity index (χ1) is 12.1. The predicted octanol–water partition coefficient (Wildman–Crippen LogP) is 2.87. The number of ether oxygens (including phenoxy) is 1. The van der Waals surface area contributed by atoms with Gasteiger partial charge in [0.05, 0.1) is 18.1 Å². The molecule has 6 nitrogen and oxygen atoms in total. The van der Waals surface area contributed by atoms with Gasteiger partial charge in [-0.2, -0.15) is 0 Å². The van der Waals surface area contributed by atoms with Gasteiger partial charge in [0.15, 0.2) is 18.2 Å². The molecular weight excluding hydrogens is 323 g/mol. The second kappa shape index (κ2) is 7.92. The third-order valence-corrected chi connectivity index (χ3v) is 4.18. The number of nitrogens with one attached hydrogen (secondary N) is 1. The van der Waals surface area contributed by atoms with Crippen LogP contribution in [-0.4, -0.2) is 35.6 Å². The minimum Gasteiger partial charge on any atom is -0.481 e. The maximum atomic E-state index is 13.4. The molecule has 1 aliphatic heterocycles. The van der Waals surface area contributed by atoms with Crippen molar-refractivity contribution in [3.05, 3.63) is 42.5 Å². The molecule has 25 heavy (non-hydrogen) atoms. The van der Waals surface area contributed by atoms with Crippen LogP contribution in [0.25, 0.3) is 0 Å². The van der Waals surface area contributed by atoms with E-state index in [1.54, 1.807) is 24.5 Å². The highest BCUT2D eigenvalue weighted by Crippen LogP contribution is 2.20. The number of halogens is 1. The first kappa shape index (κ1) is 17.1. The van der Waals surface area contributed by atoms with Crippen LogP contribution in [0.3, 0.4) is 0 Å². The largest absolute Gasteiger partial charge is 0.481 e. The highest BCUT2D eigenvalue weighted by atomic mass is 19.1. The molecule has 1 saturated heterocycles. The van der Waals surface area contributed by atoms with Gasteiger partial charge < -0.3 is 15.0 Å². The number of para-hydroxylation sites is 1. The van der Waals surface area contributed by atoms with Crippen LogP contribution >= 0.6 is 0 Å². The number of piperidine rings is 1. The average molecular weight is 344 g/mol. The molecule has 7 heteroatoms. The molecule has 0 aliphatic carbocycles. The van der Waals surface area contributed by atoms with E-state index in [9.17, 15) is 9.18 Å². The van der Waals surface area contributed by atoms with E-state index in [1.807, 2.05) is 0 Å². The Morgan fingerprint density at radius 3 is 2.64 bits per heavy atom. The van der Waals surface area contributed by atoms with Gasteiger partial charge in [0.2, 0.25) is 5.95 Å². The van der Waals surface area contributed by atoms with Crippen LogP contribution in [0, 0.1) is 11.7 Å². The maximum Gasteiger partial charge on any atom is 0.262 e. The van der Waals surface area contributed by atoms with Gasteiger partial charge in [-0.3, -0.25) is 4.79 Å². The number of anilines is 2. The zero-order valence-corrected chi connectivity index (χ0v) is 14.1. The molecule has 0 bridgehead atoms. The summed E-state index contributed by atoms with van der Waals surface area (Å²) in [5.74, 6) is 0.561. The molecule has 0 atom stereocenters. The summed E-state index contributed by atoms with van der Waals surface area (Å²) in [6.45, 7) is 3.86. The third kappa shape index (κ3) is 4.65. The molecule has 0 spiro atoms. The zero-order valence-electron chi connectivity index (χ0n) is 14.1. The van der Waals surface area contributed by atoms with Crippen LogP contribution in [0.1, 0.15) is 19.8 Å². The fourth-order valence-electron chi connectivity index (χ4n) is 2.66. The molecular formula is C18H21FN4O2. The van der Waals surface area contributed by atoms with E-state index < -0.39 is 11.7 Å². The average Bonchev–Trinajstić information content (AvgIpc) is 2.62. The van der Waals surface area contributed by atoms with Gasteiger partial charge in [0.25, 0.3) is 5.91 Å². The summed E-state index contributed by atoms with van der Waals surface area (Å²) in [4.78, 5) is 22.7. The van der Waals surface area contributed by atoms with Gasteiger partial charge in [-0.25, -0.2) is 14.4 Å². The minimum atomic E-state index is -0.501. The molecule has 1 fully saturated rings. The Morgan fingerprint density at radius 2 is 1.96 bits per heavy atom. The van der Waals surface area contributed by atoms with Gasteiger partial charge in [-0.1, -0.05) is 19.1 Å². The van der Waals surface area contributed by atoms with Crippen molar-refractivity contribution in [3.63, 3.8) is 0 Å². The fourth-order valence-corrected chi connectivity index (χ4v) is 2.66. The molecule has 132 valence electrons. The Hall–Kier alpha value is -2.70. The fraction of sp³-hybridized carbons (Fsp3) is 0.389. The van der Waals surface area contributed by atoms with Crippen LogP contribution in [0.5, 0.6) is 5.75 Å². The normalized spacial score (nSPS) is 15.0. The molecule has 0 saturated carbocycles. The van der Waals surface area contributed by atoms with Crippen molar-refractivity contribution >= 4 is 17.5 Å². The molecule has 1 aromatic carbocycles. The highest BCUT2D eigenvalue weighted by Gasteiger charge is 2.17. The van der Waals surface area contributed by atoms with Crippen molar-refractivity contribution in [2.75, 3.05) is 29.9 Å². The smallest absolute Gasteiger partial charge is 0.262 e. The Labute approximate surface area is 146 Å². The van der Waals surface area contributed by atoms with Crippen LogP contribution in [0.15, 0.2) is 36.7 Å². The zero-order chi connectivity index (χ0) is 17.6. The summed E-state index contributed by atoms with van der Waals surface area (Å²) >= 11 is 0. The number of carbonyl (C=O) groups is 1. The minimum absolute atomic E-state index is 0.0450. The Bertz CT molecular complexity index is 715. The van der Waals surface area contributed by atoms with Gasteiger partial charge in [0.1, 0.15) is 0 Å². The van der Waals surface area contributed by atoms with E-state index in [0.717, 1.165) is 31.8 Å². The van der Waals surface area contributed by atoms with Crippen molar-refractivity contribution in [3.8, 4) is 5.75 Å². The molecule has 1 aromatic heterocycles. The van der Waals surface area contributed by atoms with Gasteiger partial charge in [-0.05, 0) is 30.9 Å². The van der Waals surface area contributed by atoms with E-state index in [1.165, 1.54) is 12.1 Å². The van der Waals surface area contributed by atoms with Crippen LogP contribution < -0.4 is 15.0 Å². The lowest BCUT2D eigenvalue weighted by molar-refractivity contribution is -0.118. The number of carbonyl (C=O) groups excluding carboxylic acids is 1. The lowest BCUT2D eigenvalue weighted by Crippen LogP contribution is -2.34. The van der Waals surface area contributed by atoms with Crippen molar-refractivity contribution in [1.82, 2.24) is 9.97 Å². The number of benzene rings is 1. The van der Waals surface area contributed by atoms with Crippen molar-refractivity contribution in [2.24, 2.45) is 5.92 Å². The quantitative estimate of drug-likeness (QED) is 0.903. The summed E-state index contributed by atoms with van der Waals surface area (Å²) in [5.41, 5.74) is 0.483.